The van der Waals surface area contributed by atoms with E-state index in [2.05, 4.69) is 10.7 Å². The molecule has 1 N–H and O–H groups in total. The molecule has 2 aliphatic heterocycles. The minimum atomic E-state index is 0.215. The van der Waals surface area contributed by atoms with E-state index in [0.717, 1.165) is 0 Å². The molecule has 2 heterocycles. The molecule has 0 aromatic carbocycles. The zero-order chi connectivity index (χ0) is 8.02. The second kappa shape index (κ2) is 2.42. The van der Waals surface area contributed by atoms with Crippen molar-refractivity contribution in [1.82, 2.24) is 5.32 Å². The molecule has 1 saturated heterocycles. The molecule has 0 aromatic rings. The van der Waals surface area contributed by atoms with Crippen molar-refractivity contribution < 1.29 is 4.74 Å². The molecular formula is C9H13NOS. The lowest BCUT2D eigenvalue weighted by Crippen LogP contribution is -2.38. The predicted molar refractivity (Wildman–Crippen MR) is 49.7 cm³/mol. The van der Waals surface area contributed by atoms with Crippen LogP contribution in [0, 0.1) is 0 Å². The van der Waals surface area contributed by atoms with Crippen molar-refractivity contribution in [2.24, 2.45) is 0 Å². The summed E-state index contributed by atoms with van der Waals surface area (Å²) in [6, 6.07) is 0. The highest BCUT2D eigenvalue weighted by Gasteiger charge is 2.62. The molecule has 2 nitrogen and oxygen atoms in total. The van der Waals surface area contributed by atoms with Gasteiger partial charge in [-0.2, -0.15) is 0 Å². The monoisotopic (exact) mass is 183 g/mol. The fourth-order valence-corrected chi connectivity index (χ4v) is 3.41. The second-order valence-corrected chi connectivity index (χ2v) is 4.81. The summed E-state index contributed by atoms with van der Waals surface area (Å²) in [4.78, 5) is 0. The van der Waals surface area contributed by atoms with E-state index in [9.17, 15) is 0 Å². The Morgan fingerprint density at radius 2 is 2.50 bits per heavy atom. The first-order valence-electron chi connectivity index (χ1n) is 4.66. The molecule has 3 atom stereocenters. The standard InChI is InChI=1S/C9H13NOS/c1-2-4-9(7(3-1)11-9)8-10-5-6-12-8/h5-8,10H,1-4H2. The summed E-state index contributed by atoms with van der Waals surface area (Å²) < 4.78 is 5.83. The Labute approximate surface area is 76.7 Å². The van der Waals surface area contributed by atoms with Crippen LogP contribution in [0.4, 0.5) is 0 Å². The third kappa shape index (κ3) is 0.866. The van der Waals surface area contributed by atoms with E-state index in [4.69, 9.17) is 4.74 Å². The van der Waals surface area contributed by atoms with E-state index in [1.807, 2.05) is 18.0 Å². The van der Waals surface area contributed by atoms with Crippen molar-refractivity contribution in [1.29, 1.82) is 0 Å². The van der Waals surface area contributed by atoms with Crippen molar-refractivity contribution in [2.45, 2.75) is 42.8 Å². The van der Waals surface area contributed by atoms with Crippen LogP contribution in [0.25, 0.3) is 0 Å². The number of epoxide rings is 1. The molecule has 12 heavy (non-hydrogen) atoms. The van der Waals surface area contributed by atoms with Gasteiger partial charge in [-0.3, -0.25) is 0 Å². The summed E-state index contributed by atoms with van der Waals surface area (Å²) in [5.74, 6) is 0. The Morgan fingerprint density at radius 1 is 1.50 bits per heavy atom. The first kappa shape index (κ1) is 7.27. The van der Waals surface area contributed by atoms with Crippen molar-refractivity contribution in [3.63, 3.8) is 0 Å². The summed E-state index contributed by atoms with van der Waals surface area (Å²) in [5.41, 5.74) is 0.215. The Hall–Kier alpha value is -0.150. The van der Waals surface area contributed by atoms with Crippen molar-refractivity contribution in [3.05, 3.63) is 11.6 Å². The Balaban J connectivity index is 1.75. The Morgan fingerprint density at radius 3 is 3.25 bits per heavy atom. The number of hydrogen-bond donors (Lipinski definition) is 1. The van der Waals surface area contributed by atoms with Crippen molar-refractivity contribution in [3.8, 4) is 0 Å². The van der Waals surface area contributed by atoms with Crippen LogP contribution in [-0.2, 0) is 4.74 Å². The maximum absolute atomic E-state index is 5.83. The molecular weight excluding hydrogens is 170 g/mol. The van der Waals surface area contributed by atoms with Gasteiger partial charge in [0.05, 0.1) is 6.10 Å². The summed E-state index contributed by atoms with van der Waals surface area (Å²) in [5, 5.41) is 6.00. The van der Waals surface area contributed by atoms with Gasteiger partial charge in [-0.05, 0) is 18.2 Å². The van der Waals surface area contributed by atoms with Crippen LogP contribution >= 0.6 is 11.8 Å². The first-order valence-corrected chi connectivity index (χ1v) is 5.60. The highest BCUT2D eigenvalue weighted by atomic mass is 32.2. The highest BCUT2D eigenvalue weighted by molar-refractivity contribution is 8.03. The number of rotatable bonds is 1. The molecule has 1 aliphatic carbocycles. The smallest absolute Gasteiger partial charge is 0.124 e. The lowest BCUT2D eigenvalue weighted by atomic mass is 9.89. The topological polar surface area (TPSA) is 24.6 Å². The summed E-state index contributed by atoms with van der Waals surface area (Å²) >= 11 is 1.87. The fourth-order valence-electron chi connectivity index (χ4n) is 2.39. The fraction of sp³-hybridized carbons (Fsp3) is 0.778. The molecule has 3 aliphatic rings. The molecule has 0 bridgehead atoms. The highest BCUT2D eigenvalue weighted by Crippen LogP contribution is 2.53. The zero-order valence-corrected chi connectivity index (χ0v) is 7.77. The van der Waals surface area contributed by atoms with Gasteiger partial charge in [0.15, 0.2) is 0 Å². The van der Waals surface area contributed by atoms with Gasteiger partial charge < -0.3 is 10.1 Å². The van der Waals surface area contributed by atoms with Crippen LogP contribution < -0.4 is 5.32 Å². The van der Waals surface area contributed by atoms with Crippen molar-refractivity contribution >= 4 is 11.8 Å². The summed E-state index contributed by atoms with van der Waals surface area (Å²) in [7, 11) is 0. The van der Waals surface area contributed by atoms with E-state index in [1.165, 1.54) is 25.7 Å². The molecule has 0 amide bonds. The quantitative estimate of drug-likeness (QED) is 0.628. The summed E-state index contributed by atoms with van der Waals surface area (Å²) in [6.45, 7) is 0. The predicted octanol–water partition coefficient (Wildman–Crippen LogP) is 1.83. The maximum Gasteiger partial charge on any atom is 0.124 e. The zero-order valence-electron chi connectivity index (χ0n) is 6.95. The van der Waals surface area contributed by atoms with E-state index in [1.54, 1.807) is 0 Å². The molecule has 2 fully saturated rings. The Kier molecular flexibility index (Phi) is 1.47. The van der Waals surface area contributed by atoms with E-state index in [-0.39, 0.29) is 5.60 Å². The van der Waals surface area contributed by atoms with Gasteiger partial charge in [-0.15, -0.1) is 11.8 Å². The lowest BCUT2D eigenvalue weighted by Gasteiger charge is -2.23. The van der Waals surface area contributed by atoms with Gasteiger partial charge in [0, 0.05) is 6.20 Å². The van der Waals surface area contributed by atoms with Gasteiger partial charge in [0.2, 0.25) is 0 Å². The van der Waals surface area contributed by atoms with Crippen LogP contribution in [0.3, 0.4) is 0 Å². The minimum Gasteiger partial charge on any atom is -0.376 e. The van der Waals surface area contributed by atoms with Crippen LogP contribution in [0.1, 0.15) is 25.7 Å². The average Bonchev–Trinajstić information content (AvgIpc) is 2.59. The third-order valence-corrected chi connectivity index (χ3v) is 4.21. The van der Waals surface area contributed by atoms with E-state index >= 15 is 0 Å². The first-order chi connectivity index (χ1) is 5.92. The van der Waals surface area contributed by atoms with Crippen LogP contribution in [0.2, 0.25) is 0 Å². The Bertz CT molecular complexity index is 223. The van der Waals surface area contributed by atoms with Crippen LogP contribution in [-0.4, -0.2) is 17.1 Å². The van der Waals surface area contributed by atoms with Gasteiger partial charge >= 0.3 is 0 Å². The molecule has 66 valence electrons. The van der Waals surface area contributed by atoms with Gasteiger partial charge in [0.25, 0.3) is 0 Å². The number of nitrogens with one attached hydrogen (secondary N) is 1. The van der Waals surface area contributed by atoms with E-state index < -0.39 is 0 Å². The molecule has 3 rings (SSSR count). The van der Waals surface area contributed by atoms with Gasteiger partial charge in [-0.25, -0.2) is 0 Å². The molecule has 0 radical (unpaired) electrons. The number of fused-ring (bicyclic) bond motifs is 1. The number of thioether (sulfide) groups is 1. The minimum absolute atomic E-state index is 0.215. The normalized spacial score (nSPS) is 50.0. The molecule has 3 unspecified atom stereocenters. The maximum atomic E-state index is 5.83. The number of hydrogen-bond acceptors (Lipinski definition) is 3. The van der Waals surface area contributed by atoms with Crippen LogP contribution in [0.15, 0.2) is 11.6 Å². The number of ether oxygens (including phenoxy) is 1. The second-order valence-electron chi connectivity index (χ2n) is 3.79. The SMILES string of the molecule is C1=CSC(C23CCCCC2O3)N1. The van der Waals surface area contributed by atoms with Crippen LogP contribution in [0.5, 0.6) is 0 Å². The molecule has 0 aromatic heterocycles. The summed E-state index contributed by atoms with van der Waals surface area (Å²) in [6.07, 6.45) is 7.84. The van der Waals surface area contributed by atoms with Gasteiger partial charge in [0.1, 0.15) is 11.0 Å². The molecule has 0 spiro atoms. The van der Waals surface area contributed by atoms with Gasteiger partial charge in [-0.1, -0.05) is 12.8 Å². The molecule has 3 heteroatoms. The van der Waals surface area contributed by atoms with Crippen molar-refractivity contribution in [2.75, 3.05) is 0 Å². The largest absolute Gasteiger partial charge is 0.376 e. The lowest BCUT2D eigenvalue weighted by molar-refractivity contribution is 0.272. The average molecular weight is 183 g/mol. The molecule has 1 saturated carbocycles. The van der Waals surface area contributed by atoms with E-state index in [0.29, 0.717) is 11.5 Å². The third-order valence-electron chi connectivity index (χ3n) is 3.11.